The molecule has 0 atom stereocenters. The van der Waals surface area contributed by atoms with E-state index in [1.165, 1.54) is 0 Å². The fraction of sp³-hybridized carbons (Fsp3) is 0.250. The van der Waals surface area contributed by atoms with Gasteiger partial charge in [0.05, 0.1) is 5.56 Å². The molecule has 0 saturated heterocycles. The van der Waals surface area contributed by atoms with Crippen molar-refractivity contribution < 1.29 is 22.0 Å². The highest BCUT2D eigenvalue weighted by molar-refractivity contribution is 5.30. The summed E-state index contributed by atoms with van der Waals surface area (Å²) in [6.07, 6.45) is -4.72. The Hall–Kier alpha value is -1.13. The minimum Gasteiger partial charge on any atom is -0.207 e. The molecule has 5 heteroatoms. The van der Waals surface area contributed by atoms with Gasteiger partial charge in [0.1, 0.15) is 11.6 Å². The summed E-state index contributed by atoms with van der Waals surface area (Å²) in [5, 5.41) is 0. The first-order valence-electron chi connectivity index (χ1n) is 3.35. The van der Waals surface area contributed by atoms with Crippen LogP contribution in [0, 0.1) is 18.6 Å². The normalized spacial score (nSPS) is 11.8. The molecular formula is C8H5F5. The van der Waals surface area contributed by atoms with E-state index in [9.17, 15) is 22.0 Å². The summed E-state index contributed by atoms with van der Waals surface area (Å²) >= 11 is 0. The summed E-state index contributed by atoms with van der Waals surface area (Å²) in [6, 6.07) is 0.697. The van der Waals surface area contributed by atoms with Gasteiger partial charge in [-0.2, -0.15) is 13.2 Å². The molecule has 13 heavy (non-hydrogen) atoms. The largest absolute Gasteiger partial charge is 0.416 e. The fourth-order valence-electron chi connectivity index (χ4n) is 0.940. The SMILES string of the molecule is Cc1c(F)cc(F)cc1C(F)(F)F. The standard InChI is InChI=1S/C8H5F5/c1-4-6(8(11,12)13)2-5(9)3-7(4)10/h2-3H,1H3. The molecule has 1 aromatic carbocycles. The summed E-state index contributed by atoms with van der Waals surface area (Å²) in [4.78, 5) is 0. The maximum absolute atomic E-state index is 12.6. The predicted molar refractivity (Wildman–Crippen MR) is 36.1 cm³/mol. The van der Waals surface area contributed by atoms with Crippen molar-refractivity contribution in [3.63, 3.8) is 0 Å². The minimum atomic E-state index is -4.72. The van der Waals surface area contributed by atoms with Gasteiger partial charge in [0, 0.05) is 6.07 Å². The van der Waals surface area contributed by atoms with E-state index in [0.717, 1.165) is 6.92 Å². The Balaban J connectivity index is 3.37. The Morgan fingerprint density at radius 2 is 1.62 bits per heavy atom. The molecule has 0 heterocycles. The van der Waals surface area contributed by atoms with Crippen molar-refractivity contribution >= 4 is 0 Å². The van der Waals surface area contributed by atoms with Crippen LogP contribution < -0.4 is 0 Å². The van der Waals surface area contributed by atoms with Gasteiger partial charge in [-0.1, -0.05) is 0 Å². The highest BCUT2D eigenvalue weighted by Crippen LogP contribution is 2.33. The molecule has 0 bridgehead atoms. The third kappa shape index (κ3) is 1.96. The zero-order valence-electron chi connectivity index (χ0n) is 6.54. The topological polar surface area (TPSA) is 0 Å². The quantitative estimate of drug-likeness (QED) is 0.558. The van der Waals surface area contributed by atoms with Crippen LogP contribution in [0.1, 0.15) is 11.1 Å². The molecule has 0 aromatic heterocycles. The van der Waals surface area contributed by atoms with Gasteiger partial charge < -0.3 is 0 Å². The number of halogens is 5. The monoisotopic (exact) mass is 196 g/mol. The maximum atomic E-state index is 12.6. The van der Waals surface area contributed by atoms with Crippen molar-refractivity contribution in [2.45, 2.75) is 13.1 Å². The van der Waals surface area contributed by atoms with Crippen LogP contribution in [0.2, 0.25) is 0 Å². The van der Waals surface area contributed by atoms with Crippen molar-refractivity contribution in [2.24, 2.45) is 0 Å². The Morgan fingerprint density at radius 3 is 2.08 bits per heavy atom. The molecule has 0 aliphatic heterocycles. The second-order valence-corrected chi connectivity index (χ2v) is 2.56. The van der Waals surface area contributed by atoms with Gasteiger partial charge in [-0.15, -0.1) is 0 Å². The summed E-state index contributed by atoms with van der Waals surface area (Å²) in [5.74, 6) is -2.41. The Bertz CT molecular complexity index is 326. The Kier molecular flexibility index (Phi) is 2.28. The molecule has 0 nitrogen and oxygen atoms in total. The van der Waals surface area contributed by atoms with Crippen LogP contribution in [0.4, 0.5) is 22.0 Å². The van der Waals surface area contributed by atoms with Crippen molar-refractivity contribution in [3.8, 4) is 0 Å². The molecular weight excluding hydrogens is 191 g/mol. The van der Waals surface area contributed by atoms with Crippen LogP contribution in [-0.4, -0.2) is 0 Å². The van der Waals surface area contributed by atoms with Gasteiger partial charge in [-0.25, -0.2) is 8.78 Å². The summed E-state index contributed by atoms with van der Waals surface area (Å²) in [7, 11) is 0. The average molecular weight is 196 g/mol. The van der Waals surface area contributed by atoms with Crippen LogP contribution in [0.5, 0.6) is 0 Å². The molecule has 72 valence electrons. The van der Waals surface area contributed by atoms with E-state index in [0.29, 0.717) is 6.07 Å². The van der Waals surface area contributed by atoms with Crippen molar-refractivity contribution in [1.82, 2.24) is 0 Å². The van der Waals surface area contributed by atoms with E-state index < -0.39 is 28.9 Å². The molecule has 0 aliphatic carbocycles. The molecule has 0 amide bonds. The number of hydrogen-bond donors (Lipinski definition) is 0. The number of alkyl halides is 3. The second-order valence-electron chi connectivity index (χ2n) is 2.56. The van der Waals surface area contributed by atoms with Crippen LogP contribution >= 0.6 is 0 Å². The van der Waals surface area contributed by atoms with Gasteiger partial charge >= 0.3 is 6.18 Å². The van der Waals surface area contributed by atoms with Crippen LogP contribution in [0.15, 0.2) is 12.1 Å². The number of benzene rings is 1. The lowest BCUT2D eigenvalue weighted by atomic mass is 10.1. The summed E-state index contributed by atoms with van der Waals surface area (Å²) < 4.78 is 61.3. The first-order valence-corrected chi connectivity index (χ1v) is 3.35. The molecule has 1 rings (SSSR count). The molecule has 1 aromatic rings. The Labute approximate surface area is 71.0 Å². The van der Waals surface area contributed by atoms with Gasteiger partial charge in [0.25, 0.3) is 0 Å². The third-order valence-electron chi connectivity index (χ3n) is 1.61. The molecule has 0 N–H and O–H groups in total. The van der Waals surface area contributed by atoms with Gasteiger partial charge in [-0.05, 0) is 18.6 Å². The first-order chi connectivity index (χ1) is 5.82. The zero-order valence-corrected chi connectivity index (χ0v) is 6.54. The van der Waals surface area contributed by atoms with Crippen LogP contribution in [-0.2, 0) is 6.18 Å². The fourth-order valence-corrected chi connectivity index (χ4v) is 0.940. The summed E-state index contributed by atoms with van der Waals surface area (Å²) in [5.41, 5.74) is -1.86. The smallest absolute Gasteiger partial charge is 0.207 e. The van der Waals surface area contributed by atoms with E-state index in [-0.39, 0.29) is 6.07 Å². The first kappa shape index (κ1) is 9.95. The van der Waals surface area contributed by atoms with E-state index in [1.807, 2.05) is 0 Å². The van der Waals surface area contributed by atoms with Crippen molar-refractivity contribution in [1.29, 1.82) is 0 Å². The van der Waals surface area contributed by atoms with E-state index in [2.05, 4.69) is 0 Å². The molecule has 0 unspecified atom stereocenters. The average Bonchev–Trinajstić information content (AvgIpc) is 1.94. The third-order valence-corrected chi connectivity index (χ3v) is 1.61. The number of hydrogen-bond acceptors (Lipinski definition) is 0. The van der Waals surface area contributed by atoms with Gasteiger partial charge in [0.2, 0.25) is 0 Å². The van der Waals surface area contributed by atoms with Gasteiger partial charge in [0.15, 0.2) is 0 Å². The molecule has 0 spiro atoms. The van der Waals surface area contributed by atoms with Gasteiger partial charge in [-0.3, -0.25) is 0 Å². The second kappa shape index (κ2) is 2.97. The highest BCUT2D eigenvalue weighted by atomic mass is 19.4. The zero-order chi connectivity index (χ0) is 10.2. The van der Waals surface area contributed by atoms with E-state index >= 15 is 0 Å². The lowest BCUT2D eigenvalue weighted by Gasteiger charge is -2.10. The van der Waals surface area contributed by atoms with Crippen LogP contribution in [0.25, 0.3) is 0 Å². The minimum absolute atomic E-state index is 0.276. The predicted octanol–water partition coefficient (Wildman–Crippen LogP) is 3.29. The van der Waals surface area contributed by atoms with Crippen molar-refractivity contribution in [2.75, 3.05) is 0 Å². The molecule has 0 aliphatic rings. The van der Waals surface area contributed by atoms with Crippen molar-refractivity contribution in [3.05, 3.63) is 34.9 Å². The maximum Gasteiger partial charge on any atom is 0.416 e. The summed E-state index contributed by atoms with van der Waals surface area (Å²) in [6.45, 7) is 0.956. The number of rotatable bonds is 0. The molecule has 0 fully saturated rings. The molecule has 0 radical (unpaired) electrons. The molecule has 0 saturated carbocycles. The lowest BCUT2D eigenvalue weighted by molar-refractivity contribution is -0.138. The van der Waals surface area contributed by atoms with Crippen LogP contribution in [0.3, 0.4) is 0 Å². The van der Waals surface area contributed by atoms with E-state index in [4.69, 9.17) is 0 Å². The Morgan fingerprint density at radius 1 is 1.08 bits per heavy atom. The van der Waals surface area contributed by atoms with E-state index in [1.54, 1.807) is 0 Å². The lowest BCUT2D eigenvalue weighted by Crippen LogP contribution is -2.09. The highest BCUT2D eigenvalue weighted by Gasteiger charge is 2.33.